The highest BCUT2D eigenvalue weighted by atomic mass is 15.0. The van der Waals surface area contributed by atoms with Crippen LogP contribution in [0.25, 0.3) is 22.4 Å². The lowest BCUT2D eigenvalue weighted by atomic mass is 9.95. The van der Waals surface area contributed by atoms with E-state index in [0.717, 1.165) is 11.3 Å². The van der Waals surface area contributed by atoms with E-state index >= 15 is 0 Å². The van der Waals surface area contributed by atoms with Crippen LogP contribution >= 0.6 is 0 Å². The van der Waals surface area contributed by atoms with Gasteiger partial charge in [-0.3, -0.25) is 0 Å². The van der Waals surface area contributed by atoms with Crippen LogP contribution in [0, 0.1) is 0 Å². The minimum Gasteiger partial charge on any atom is -0.354 e. The molecule has 4 rings (SSSR count). The Hall–Kier alpha value is -3.32. The number of hydrogen-bond donors (Lipinski definition) is 1. The van der Waals surface area contributed by atoms with Gasteiger partial charge in [0, 0.05) is 16.9 Å². The lowest BCUT2D eigenvalue weighted by Gasteiger charge is -2.25. The van der Waals surface area contributed by atoms with Crippen LogP contribution in [0.2, 0.25) is 0 Å². The van der Waals surface area contributed by atoms with Crippen LogP contribution in [-0.2, 0) is 0 Å². The van der Waals surface area contributed by atoms with Crippen LogP contribution in [0.4, 0.5) is 5.69 Å². The Morgan fingerprint density at radius 1 is 0.760 bits per heavy atom. The zero-order valence-electron chi connectivity index (χ0n) is 13.9. The SMILES string of the molecule is C=C/C=C(\C=C1/Nc2ccccc21)c1ccc(-c2ccccc2)cc1. The Kier molecular flexibility index (Phi) is 4.05. The van der Waals surface area contributed by atoms with Gasteiger partial charge in [-0.15, -0.1) is 0 Å². The van der Waals surface area contributed by atoms with E-state index in [-0.39, 0.29) is 0 Å². The molecule has 0 saturated carbocycles. The summed E-state index contributed by atoms with van der Waals surface area (Å²) >= 11 is 0. The minimum atomic E-state index is 1.15. The molecule has 0 bridgehead atoms. The van der Waals surface area contributed by atoms with Gasteiger partial charge in [0.15, 0.2) is 0 Å². The van der Waals surface area contributed by atoms with Crippen molar-refractivity contribution in [2.24, 2.45) is 0 Å². The number of nitrogens with one attached hydrogen (secondary N) is 1. The monoisotopic (exact) mass is 321 g/mol. The van der Waals surface area contributed by atoms with E-state index in [2.05, 4.69) is 84.7 Å². The summed E-state index contributed by atoms with van der Waals surface area (Å²) in [5, 5.41) is 3.41. The van der Waals surface area contributed by atoms with E-state index in [1.807, 2.05) is 24.3 Å². The fourth-order valence-electron chi connectivity index (χ4n) is 3.09. The Labute approximate surface area is 148 Å². The zero-order valence-corrected chi connectivity index (χ0v) is 13.9. The van der Waals surface area contributed by atoms with Crippen LogP contribution in [-0.4, -0.2) is 0 Å². The first-order chi connectivity index (χ1) is 12.3. The molecular formula is C24H19N. The van der Waals surface area contributed by atoms with E-state index in [1.165, 1.54) is 27.9 Å². The molecule has 120 valence electrons. The quantitative estimate of drug-likeness (QED) is 0.549. The topological polar surface area (TPSA) is 12.0 Å². The number of fused-ring (bicyclic) bond motifs is 1. The van der Waals surface area contributed by atoms with Crippen molar-refractivity contribution in [3.8, 4) is 11.1 Å². The van der Waals surface area contributed by atoms with Crippen molar-refractivity contribution in [2.45, 2.75) is 0 Å². The molecule has 0 aliphatic carbocycles. The summed E-state index contributed by atoms with van der Waals surface area (Å²) < 4.78 is 0. The summed E-state index contributed by atoms with van der Waals surface area (Å²) in [6.45, 7) is 3.86. The van der Waals surface area contributed by atoms with Gasteiger partial charge in [-0.05, 0) is 34.4 Å². The summed E-state index contributed by atoms with van der Waals surface area (Å²) in [5.41, 5.74) is 8.38. The van der Waals surface area contributed by atoms with Gasteiger partial charge in [0.05, 0.1) is 0 Å². The molecule has 1 aliphatic heterocycles. The van der Waals surface area contributed by atoms with E-state index in [4.69, 9.17) is 0 Å². The van der Waals surface area contributed by atoms with Crippen molar-refractivity contribution in [3.05, 3.63) is 115 Å². The molecule has 25 heavy (non-hydrogen) atoms. The normalized spacial score (nSPS) is 14.4. The Morgan fingerprint density at radius 3 is 2.16 bits per heavy atom. The summed E-state index contributed by atoms with van der Waals surface area (Å²) in [6.07, 6.45) is 6.07. The lowest BCUT2D eigenvalue weighted by Crippen LogP contribution is -2.12. The van der Waals surface area contributed by atoms with E-state index in [0.29, 0.717) is 0 Å². The molecule has 0 amide bonds. The van der Waals surface area contributed by atoms with Gasteiger partial charge >= 0.3 is 0 Å². The summed E-state index contributed by atoms with van der Waals surface area (Å²) in [7, 11) is 0. The van der Waals surface area contributed by atoms with Gasteiger partial charge < -0.3 is 5.32 Å². The molecule has 0 saturated heterocycles. The molecule has 1 N–H and O–H groups in total. The van der Waals surface area contributed by atoms with E-state index in [9.17, 15) is 0 Å². The highest BCUT2D eigenvalue weighted by Gasteiger charge is 2.17. The largest absolute Gasteiger partial charge is 0.354 e. The number of para-hydroxylation sites is 1. The third kappa shape index (κ3) is 3.05. The number of allylic oxidation sites excluding steroid dienone is 4. The standard InChI is InChI=1S/C24H19N/c1-2-8-21(17-24-22-11-6-7-12-23(22)25-24)20-15-13-19(14-16-20)18-9-4-3-5-10-18/h2-17,25H,1H2/b21-8+,24-17-. The van der Waals surface area contributed by atoms with Crippen LogP contribution in [0.1, 0.15) is 11.1 Å². The maximum atomic E-state index is 3.86. The van der Waals surface area contributed by atoms with Crippen molar-refractivity contribution >= 4 is 17.0 Å². The second kappa shape index (κ2) is 6.66. The zero-order chi connectivity index (χ0) is 17.1. The molecule has 1 aliphatic rings. The fraction of sp³-hybridized carbons (Fsp3) is 0. The molecule has 1 heterocycles. The predicted octanol–water partition coefficient (Wildman–Crippen LogP) is 6.39. The average molecular weight is 321 g/mol. The predicted molar refractivity (Wildman–Crippen MR) is 108 cm³/mol. The molecule has 0 fully saturated rings. The second-order valence-corrected chi connectivity index (χ2v) is 6.03. The van der Waals surface area contributed by atoms with Gasteiger partial charge in [-0.1, -0.05) is 91.5 Å². The molecule has 0 radical (unpaired) electrons. The third-order valence-corrected chi connectivity index (χ3v) is 4.41. The lowest BCUT2D eigenvalue weighted by molar-refractivity contribution is 1.43. The first kappa shape index (κ1) is 15.2. The molecule has 3 aromatic carbocycles. The van der Waals surface area contributed by atoms with Gasteiger partial charge in [0.1, 0.15) is 0 Å². The highest BCUT2D eigenvalue weighted by Crippen LogP contribution is 2.36. The van der Waals surface area contributed by atoms with Crippen molar-refractivity contribution in [1.82, 2.24) is 0 Å². The van der Waals surface area contributed by atoms with Crippen molar-refractivity contribution in [1.29, 1.82) is 0 Å². The summed E-state index contributed by atoms with van der Waals surface area (Å²) in [4.78, 5) is 0. The van der Waals surface area contributed by atoms with Crippen molar-refractivity contribution in [2.75, 3.05) is 5.32 Å². The first-order valence-electron chi connectivity index (χ1n) is 8.42. The van der Waals surface area contributed by atoms with E-state index in [1.54, 1.807) is 0 Å². The average Bonchev–Trinajstić information content (AvgIpc) is 2.66. The molecule has 1 nitrogen and oxygen atoms in total. The number of anilines is 1. The Balaban J connectivity index is 1.65. The van der Waals surface area contributed by atoms with E-state index < -0.39 is 0 Å². The van der Waals surface area contributed by atoms with Gasteiger partial charge in [-0.2, -0.15) is 0 Å². The number of benzene rings is 3. The molecule has 0 aromatic heterocycles. The van der Waals surface area contributed by atoms with Crippen molar-refractivity contribution < 1.29 is 0 Å². The van der Waals surface area contributed by atoms with Gasteiger partial charge in [0.2, 0.25) is 0 Å². The number of rotatable bonds is 4. The fourth-order valence-corrected chi connectivity index (χ4v) is 3.09. The molecule has 0 spiro atoms. The molecule has 3 aromatic rings. The summed E-state index contributed by atoms with van der Waals surface area (Å²) in [5.74, 6) is 0. The maximum absolute atomic E-state index is 3.86. The third-order valence-electron chi connectivity index (χ3n) is 4.41. The highest BCUT2D eigenvalue weighted by molar-refractivity contribution is 5.99. The Bertz CT molecular complexity index is 960. The summed E-state index contributed by atoms with van der Waals surface area (Å²) in [6, 6.07) is 27.5. The van der Waals surface area contributed by atoms with Crippen molar-refractivity contribution in [3.63, 3.8) is 0 Å². The van der Waals surface area contributed by atoms with Crippen LogP contribution < -0.4 is 5.32 Å². The first-order valence-corrected chi connectivity index (χ1v) is 8.42. The molecular weight excluding hydrogens is 302 g/mol. The van der Waals surface area contributed by atoms with Crippen LogP contribution in [0.15, 0.2) is 104 Å². The maximum Gasteiger partial charge on any atom is 0.0485 e. The van der Waals surface area contributed by atoms with Gasteiger partial charge in [-0.25, -0.2) is 0 Å². The van der Waals surface area contributed by atoms with Crippen LogP contribution in [0.5, 0.6) is 0 Å². The minimum absolute atomic E-state index is 1.15. The smallest absolute Gasteiger partial charge is 0.0485 e. The van der Waals surface area contributed by atoms with Crippen LogP contribution in [0.3, 0.4) is 0 Å². The number of hydrogen-bond acceptors (Lipinski definition) is 1. The van der Waals surface area contributed by atoms with Gasteiger partial charge in [0.25, 0.3) is 0 Å². The second-order valence-electron chi connectivity index (χ2n) is 6.03. The molecule has 0 unspecified atom stereocenters. The molecule has 0 atom stereocenters. The Morgan fingerprint density at radius 2 is 1.44 bits per heavy atom. The molecule has 1 heteroatoms.